The number of aliphatic imine (C=N–C) groups is 1. The van der Waals surface area contributed by atoms with Crippen LogP contribution in [0, 0.1) is 0 Å². The molecule has 194 valence electrons. The molecular weight excluding hydrogens is 509 g/mol. The van der Waals surface area contributed by atoms with E-state index in [2.05, 4.69) is 10.3 Å². The van der Waals surface area contributed by atoms with E-state index in [4.69, 9.17) is 39.4 Å². The van der Waals surface area contributed by atoms with Crippen LogP contribution in [0.1, 0.15) is 25.3 Å². The third-order valence-electron chi connectivity index (χ3n) is 4.99. The molecule has 0 aliphatic rings. The molecule has 2 aromatic carbocycles. The van der Waals surface area contributed by atoms with Crippen molar-refractivity contribution in [3.63, 3.8) is 0 Å². The van der Waals surface area contributed by atoms with Gasteiger partial charge in [0.25, 0.3) is 5.91 Å². The lowest BCUT2D eigenvalue weighted by atomic mass is 10.1. The van der Waals surface area contributed by atoms with Crippen molar-refractivity contribution in [2.75, 3.05) is 13.1 Å². The zero-order valence-electron chi connectivity index (χ0n) is 19.7. The Kier molecular flexibility index (Phi) is 11.3. The number of carbonyl (C=O) groups is 3. The Balaban J connectivity index is 2.14. The maximum Gasteiger partial charge on any atom is 0.326 e. The summed E-state index contributed by atoms with van der Waals surface area (Å²) in [5, 5.41) is 12.6. The van der Waals surface area contributed by atoms with E-state index in [1.54, 1.807) is 49.4 Å². The molecule has 2 aromatic rings. The van der Waals surface area contributed by atoms with Crippen molar-refractivity contribution in [2.24, 2.45) is 16.5 Å². The molecule has 10 nitrogen and oxygen atoms in total. The third kappa shape index (κ3) is 9.63. The number of para-hydroxylation sites is 1. The van der Waals surface area contributed by atoms with Crippen molar-refractivity contribution in [1.82, 2.24) is 10.2 Å². The van der Waals surface area contributed by atoms with Crippen LogP contribution in [0.25, 0.3) is 0 Å². The number of guanidine groups is 1. The number of aliphatic carboxylic acids is 1. The lowest BCUT2D eigenvalue weighted by Gasteiger charge is -2.26. The summed E-state index contributed by atoms with van der Waals surface area (Å²) in [4.78, 5) is 42.7. The fourth-order valence-electron chi connectivity index (χ4n) is 3.26. The molecule has 6 N–H and O–H groups in total. The van der Waals surface area contributed by atoms with Gasteiger partial charge in [-0.2, -0.15) is 0 Å². The van der Waals surface area contributed by atoms with E-state index < -0.39 is 36.5 Å². The summed E-state index contributed by atoms with van der Waals surface area (Å²) >= 11 is 12.1. The lowest BCUT2D eigenvalue weighted by Crippen LogP contribution is -2.49. The van der Waals surface area contributed by atoms with Gasteiger partial charge in [-0.1, -0.05) is 47.5 Å². The highest BCUT2D eigenvalue weighted by molar-refractivity contribution is 6.42. The van der Waals surface area contributed by atoms with Crippen molar-refractivity contribution >= 4 is 46.9 Å². The van der Waals surface area contributed by atoms with Crippen LogP contribution in [0.5, 0.6) is 5.75 Å². The van der Waals surface area contributed by atoms with Gasteiger partial charge in [0.05, 0.1) is 10.0 Å². The standard InChI is InChI=1S/C24H29Cl2N5O5/c1-15(36-17-6-3-2-4-7-17)22(33)31(13-16-9-10-18(25)19(26)12-16)14-21(32)30-20(23(34)35)8-5-11-29-24(27)28/h2-4,6-7,9-10,12,15,20H,5,8,11,13-14H2,1H3,(H,30,32)(H,34,35)(H4,27,28,29). The van der Waals surface area contributed by atoms with Gasteiger partial charge in [0.15, 0.2) is 12.1 Å². The Morgan fingerprint density at radius 2 is 1.81 bits per heavy atom. The van der Waals surface area contributed by atoms with E-state index >= 15 is 0 Å². The molecule has 36 heavy (non-hydrogen) atoms. The highest BCUT2D eigenvalue weighted by atomic mass is 35.5. The molecule has 2 amide bonds. The molecule has 2 atom stereocenters. The molecule has 0 spiro atoms. The average molecular weight is 538 g/mol. The van der Waals surface area contributed by atoms with Crippen LogP contribution in [-0.4, -0.2) is 59.0 Å². The number of ether oxygens (including phenoxy) is 1. The van der Waals surface area contributed by atoms with E-state index in [0.717, 1.165) is 0 Å². The molecule has 0 heterocycles. The van der Waals surface area contributed by atoms with Crippen molar-refractivity contribution in [2.45, 2.75) is 38.5 Å². The maximum atomic E-state index is 13.2. The number of nitrogens with zero attached hydrogens (tertiary/aromatic N) is 2. The zero-order valence-corrected chi connectivity index (χ0v) is 21.2. The molecule has 0 radical (unpaired) electrons. The minimum absolute atomic E-state index is 0.0217. The summed E-state index contributed by atoms with van der Waals surface area (Å²) < 4.78 is 5.73. The number of carboxylic acids is 1. The second-order valence-corrected chi connectivity index (χ2v) is 8.74. The first kappa shape index (κ1) is 28.7. The second-order valence-electron chi connectivity index (χ2n) is 7.92. The number of hydrogen-bond donors (Lipinski definition) is 4. The molecule has 0 bridgehead atoms. The maximum absolute atomic E-state index is 13.2. The molecule has 0 saturated heterocycles. The number of benzene rings is 2. The van der Waals surface area contributed by atoms with Crippen LogP contribution in [0.3, 0.4) is 0 Å². The number of hydrogen-bond acceptors (Lipinski definition) is 5. The van der Waals surface area contributed by atoms with Crippen LogP contribution < -0.4 is 21.5 Å². The zero-order chi connectivity index (χ0) is 26.7. The predicted octanol–water partition coefficient (Wildman–Crippen LogP) is 2.41. The molecule has 0 aromatic heterocycles. The smallest absolute Gasteiger partial charge is 0.326 e. The first-order valence-electron chi connectivity index (χ1n) is 11.1. The Morgan fingerprint density at radius 1 is 1.11 bits per heavy atom. The summed E-state index contributed by atoms with van der Waals surface area (Å²) in [6.45, 7) is 1.41. The van der Waals surface area contributed by atoms with Crippen molar-refractivity contribution < 1.29 is 24.2 Å². The summed E-state index contributed by atoms with van der Waals surface area (Å²) in [6.07, 6.45) is -0.479. The summed E-state index contributed by atoms with van der Waals surface area (Å²) in [5.74, 6) is -1.95. The Morgan fingerprint density at radius 3 is 2.42 bits per heavy atom. The molecule has 2 rings (SSSR count). The average Bonchev–Trinajstić information content (AvgIpc) is 2.82. The quantitative estimate of drug-likeness (QED) is 0.173. The topological polar surface area (TPSA) is 160 Å². The SMILES string of the molecule is CC(Oc1ccccc1)C(=O)N(CC(=O)NC(CCCN=C(N)N)C(=O)O)Cc1ccc(Cl)c(Cl)c1. The summed E-state index contributed by atoms with van der Waals surface area (Å²) in [6, 6.07) is 12.5. The van der Waals surface area contributed by atoms with E-state index in [0.29, 0.717) is 27.8 Å². The molecule has 0 aliphatic heterocycles. The van der Waals surface area contributed by atoms with Crippen molar-refractivity contribution in [3.05, 3.63) is 64.1 Å². The van der Waals surface area contributed by atoms with Crippen LogP contribution in [0.4, 0.5) is 0 Å². The number of carboxylic acid groups (broad SMARTS) is 1. The normalized spacial score (nSPS) is 12.2. The number of carbonyl (C=O) groups excluding carboxylic acids is 2. The van der Waals surface area contributed by atoms with Gasteiger partial charge in [-0.15, -0.1) is 0 Å². The van der Waals surface area contributed by atoms with Gasteiger partial charge in [-0.05, 0) is 49.6 Å². The number of nitrogens with one attached hydrogen (secondary N) is 1. The lowest BCUT2D eigenvalue weighted by molar-refractivity contribution is -0.144. The van der Waals surface area contributed by atoms with Gasteiger partial charge in [0, 0.05) is 13.1 Å². The largest absolute Gasteiger partial charge is 0.481 e. The number of amides is 2. The van der Waals surface area contributed by atoms with Crippen LogP contribution >= 0.6 is 23.2 Å². The monoisotopic (exact) mass is 537 g/mol. The van der Waals surface area contributed by atoms with E-state index in [1.807, 2.05) is 6.07 Å². The van der Waals surface area contributed by atoms with Crippen LogP contribution in [0.15, 0.2) is 53.5 Å². The highest BCUT2D eigenvalue weighted by Gasteiger charge is 2.27. The van der Waals surface area contributed by atoms with Crippen molar-refractivity contribution in [3.8, 4) is 5.75 Å². The van der Waals surface area contributed by atoms with Gasteiger partial charge < -0.3 is 31.5 Å². The molecule has 0 saturated carbocycles. The minimum atomic E-state index is -1.21. The van der Waals surface area contributed by atoms with Gasteiger partial charge in [0.2, 0.25) is 5.91 Å². The number of nitrogens with two attached hydrogens (primary N) is 2. The predicted molar refractivity (Wildman–Crippen MR) is 138 cm³/mol. The first-order valence-corrected chi connectivity index (χ1v) is 11.8. The summed E-state index contributed by atoms with van der Waals surface area (Å²) in [5.41, 5.74) is 11.2. The molecular formula is C24H29Cl2N5O5. The highest BCUT2D eigenvalue weighted by Crippen LogP contribution is 2.23. The van der Waals surface area contributed by atoms with E-state index in [9.17, 15) is 19.5 Å². The molecule has 0 fully saturated rings. The van der Waals surface area contributed by atoms with Gasteiger partial charge in [0.1, 0.15) is 18.3 Å². The van der Waals surface area contributed by atoms with Crippen LogP contribution in [-0.2, 0) is 20.9 Å². The second kappa shape index (κ2) is 14.2. The van der Waals surface area contributed by atoms with E-state index in [1.165, 1.54) is 4.90 Å². The molecule has 2 unspecified atom stereocenters. The van der Waals surface area contributed by atoms with Crippen LogP contribution in [0.2, 0.25) is 10.0 Å². The Bertz CT molecular complexity index is 1080. The molecule has 0 aliphatic carbocycles. The number of halogens is 2. The Labute approximate surface area is 219 Å². The minimum Gasteiger partial charge on any atom is -0.481 e. The van der Waals surface area contributed by atoms with Gasteiger partial charge in [-0.25, -0.2) is 4.79 Å². The first-order chi connectivity index (χ1) is 17.1. The Hall–Kier alpha value is -3.50. The van der Waals surface area contributed by atoms with Gasteiger partial charge >= 0.3 is 5.97 Å². The van der Waals surface area contributed by atoms with Gasteiger partial charge in [-0.3, -0.25) is 14.6 Å². The summed E-state index contributed by atoms with van der Waals surface area (Å²) in [7, 11) is 0. The third-order valence-corrected chi connectivity index (χ3v) is 5.73. The van der Waals surface area contributed by atoms with Crippen molar-refractivity contribution in [1.29, 1.82) is 0 Å². The number of rotatable bonds is 13. The fourth-order valence-corrected chi connectivity index (χ4v) is 3.58. The molecule has 12 heteroatoms. The van der Waals surface area contributed by atoms with E-state index in [-0.39, 0.29) is 25.5 Å². The fraction of sp³-hybridized carbons (Fsp3) is 0.333.